The van der Waals surface area contributed by atoms with Crippen molar-refractivity contribution in [2.45, 2.75) is 39.0 Å². The molecule has 0 bridgehead atoms. The molecule has 0 aromatic heterocycles. The SMILES string of the molecule is Cc1cccc(N2CCN(C[C@H](O)CO[C@@H](c3ccccc3)c3ccccc3C)C[C@@H]2C)c1. The molecule has 1 saturated heterocycles. The molecule has 1 aliphatic heterocycles. The Morgan fingerprint density at radius 2 is 1.70 bits per heavy atom. The molecule has 1 fully saturated rings. The van der Waals surface area contributed by atoms with Crippen molar-refractivity contribution in [3.63, 3.8) is 0 Å². The first-order valence-corrected chi connectivity index (χ1v) is 12.0. The molecule has 4 nitrogen and oxygen atoms in total. The van der Waals surface area contributed by atoms with Crippen LogP contribution in [-0.4, -0.2) is 54.9 Å². The van der Waals surface area contributed by atoms with Gasteiger partial charge in [-0.25, -0.2) is 0 Å². The van der Waals surface area contributed by atoms with Crippen molar-refractivity contribution < 1.29 is 9.84 Å². The number of aliphatic hydroxyl groups excluding tert-OH is 1. The van der Waals surface area contributed by atoms with E-state index in [9.17, 15) is 5.11 Å². The molecular weight excluding hydrogens is 408 g/mol. The van der Waals surface area contributed by atoms with Crippen LogP contribution < -0.4 is 4.90 Å². The lowest BCUT2D eigenvalue weighted by Crippen LogP contribution is -2.53. The van der Waals surface area contributed by atoms with Crippen molar-refractivity contribution in [3.8, 4) is 0 Å². The predicted octanol–water partition coefficient (Wildman–Crippen LogP) is 4.98. The van der Waals surface area contributed by atoms with Crippen LogP contribution in [0.1, 0.15) is 35.3 Å². The minimum atomic E-state index is -0.530. The van der Waals surface area contributed by atoms with Gasteiger partial charge in [0.15, 0.2) is 0 Å². The Kier molecular flexibility index (Phi) is 7.81. The van der Waals surface area contributed by atoms with Gasteiger partial charge >= 0.3 is 0 Å². The molecule has 3 aromatic carbocycles. The Balaban J connectivity index is 1.35. The summed E-state index contributed by atoms with van der Waals surface area (Å²) in [6, 6.07) is 27.7. The molecule has 0 radical (unpaired) electrons. The van der Waals surface area contributed by atoms with Gasteiger partial charge in [-0.05, 0) is 55.2 Å². The van der Waals surface area contributed by atoms with Crippen LogP contribution in [0.2, 0.25) is 0 Å². The zero-order chi connectivity index (χ0) is 23.2. The summed E-state index contributed by atoms with van der Waals surface area (Å²) in [7, 11) is 0. The number of nitrogens with zero attached hydrogens (tertiary/aromatic N) is 2. The van der Waals surface area contributed by atoms with Crippen LogP contribution >= 0.6 is 0 Å². The number of anilines is 1. The monoisotopic (exact) mass is 444 g/mol. The van der Waals surface area contributed by atoms with Crippen LogP contribution in [0.25, 0.3) is 0 Å². The minimum Gasteiger partial charge on any atom is -0.389 e. The third-order valence-electron chi connectivity index (χ3n) is 6.54. The number of hydrogen-bond donors (Lipinski definition) is 1. The summed E-state index contributed by atoms with van der Waals surface area (Å²) < 4.78 is 6.34. The Bertz CT molecular complexity index is 1020. The number of hydrogen-bond acceptors (Lipinski definition) is 4. The third-order valence-corrected chi connectivity index (χ3v) is 6.54. The number of benzene rings is 3. The van der Waals surface area contributed by atoms with E-state index < -0.39 is 6.10 Å². The molecule has 3 aromatic rings. The Morgan fingerprint density at radius 1 is 0.939 bits per heavy atom. The molecule has 174 valence electrons. The van der Waals surface area contributed by atoms with Crippen molar-refractivity contribution in [2.24, 2.45) is 0 Å². The molecule has 1 heterocycles. The van der Waals surface area contributed by atoms with Crippen LogP contribution in [0.3, 0.4) is 0 Å². The van der Waals surface area contributed by atoms with Gasteiger partial charge < -0.3 is 14.7 Å². The summed E-state index contributed by atoms with van der Waals surface area (Å²) in [6.07, 6.45) is -0.711. The van der Waals surface area contributed by atoms with Crippen molar-refractivity contribution in [3.05, 3.63) is 101 Å². The second kappa shape index (κ2) is 11.0. The average molecular weight is 445 g/mol. The summed E-state index contributed by atoms with van der Waals surface area (Å²) in [4.78, 5) is 4.83. The van der Waals surface area contributed by atoms with Gasteiger partial charge in [-0.15, -0.1) is 0 Å². The van der Waals surface area contributed by atoms with Crippen molar-refractivity contribution in [1.82, 2.24) is 4.90 Å². The molecule has 1 aliphatic rings. The van der Waals surface area contributed by atoms with Crippen LogP contribution in [0.15, 0.2) is 78.9 Å². The standard InChI is InChI=1S/C29H36N2O2/c1-22-10-9-14-26(18-22)31-17-16-30(19-24(31)3)20-27(32)21-33-29(25-12-5-4-6-13-25)28-15-8-7-11-23(28)2/h4-15,18,24,27,29,32H,16-17,19-21H2,1-3H3/t24-,27-,29-/m0/s1. The van der Waals surface area contributed by atoms with E-state index in [2.05, 4.69) is 79.1 Å². The maximum Gasteiger partial charge on any atom is 0.108 e. The van der Waals surface area contributed by atoms with E-state index in [1.165, 1.54) is 16.8 Å². The second-order valence-corrected chi connectivity index (χ2v) is 9.28. The minimum absolute atomic E-state index is 0.181. The summed E-state index contributed by atoms with van der Waals surface area (Å²) in [5, 5.41) is 10.8. The number of aryl methyl sites for hydroxylation is 2. The fourth-order valence-electron chi connectivity index (χ4n) is 4.82. The van der Waals surface area contributed by atoms with Gasteiger partial charge in [-0.3, -0.25) is 4.90 Å². The van der Waals surface area contributed by atoms with E-state index >= 15 is 0 Å². The number of rotatable bonds is 8. The second-order valence-electron chi connectivity index (χ2n) is 9.28. The van der Waals surface area contributed by atoms with Crippen LogP contribution in [-0.2, 0) is 4.74 Å². The van der Waals surface area contributed by atoms with Gasteiger partial charge in [0.2, 0.25) is 0 Å². The van der Waals surface area contributed by atoms with Gasteiger partial charge in [-0.2, -0.15) is 0 Å². The highest BCUT2D eigenvalue weighted by Gasteiger charge is 2.26. The lowest BCUT2D eigenvalue weighted by atomic mass is 9.97. The summed E-state index contributed by atoms with van der Waals surface area (Å²) in [5.41, 5.74) is 6.03. The maximum absolute atomic E-state index is 10.8. The topological polar surface area (TPSA) is 35.9 Å². The molecule has 0 spiro atoms. The third kappa shape index (κ3) is 6.02. The fourth-order valence-corrected chi connectivity index (χ4v) is 4.82. The molecule has 4 rings (SSSR count). The summed E-state index contributed by atoms with van der Waals surface area (Å²) >= 11 is 0. The first-order chi connectivity index (χ1) is 16.0. The quantitative estimate of drug-likeness (QED) is 0.532. The largest absolute Gasteiger partial charge is 0.389 e. The smallest absolute Gasteiger partial charge is 0.108 e. The number of piperazine rings is 1. The highest BCUT2D eigenvalue weighted by atomic mass is 16.5. The highest BCUT2D eigenvalue weighted by molar-refractivity contribution is 5.49. The zero-order valence-electron chi connectivity index (χ0n) is 20.0. The van der Waals surface area contributed by atoms with Gasteiger partial charge in [0.05, 0.1) is 12.7 Å². The van der Waals surface area contributed by atoms with Crippen LogP contribution in [0.5, 0.6) is 0 Å². The molecule has 0 saturated carbocycles. The highest BCUT2D eigenvalue weighted by Crippen LogP contribution is 2.29. The first kappa shape index (κ1) is 23.5. The van der Waals surface area contributed by atoms with Gasteiger partial charge in [0, 0.05) is 37.9 Å². The van der Waals surface area contributed by atoms with E-state index in [4.69, 9.17) is 4.74 Å². The van der Waals surface area contributed by atoms with E-state index in [0.717, 1.165) is 30.8 Å². The Labute approximate surface area is 198 Å². The molecular formula is C29H36N2O2. The fraction of sp³-hybridized carbons (Fsp3) is 0.379. The first-order valence-electron chi connectivity index (χ1n) is 12.0. The van der Waals surface area contributed by atoms with Gasteiger partial charge in [0.25, 0.3) is 0 Å². The van der Waals surface area contributed by atoms with E-state index in [1.807, 2.05) is 30.3 Å². The van der Waals surface area contributed by atoms with E-state index in [1.54, 1.807) is 0 Å². The van der Waals surface area contributed by atoms with E-state index in [-0.39, 0.29) is 6.10 Å². The van der Waals surface area contributed by atoms with Crippen LogP contribution in [0.4, 0.5) is 5.69 Å². The molecule has 3 atom stereocenters. The maximum atomic E-state index is 10.8. The average Bonchev–Trinajstić information content (AvgIpc) is 2.81. The van der Waals surface area contributed by atoms with Crippen molar-refractivity contribution in [2.75, 3.05) is 37.7 Å². The van der Waals surface area contributed by atoms with E-state index in [0.29, 0.717) is 19.2 Å². The Morgan fingerprint density at radius 3 is 2.42 bits per heavy atom. The normalized spacial score (nSPS) is 18.8. The van der Waals surface area contributed by atoms with Gasteiger partial charge in [0.1, 0.15) is 6.10 Å². The summed E-state index contributed by atoms with van der Waals surface area (Å²) in [6.45, 7) is 10.3. The molecule has 0 unspecified atom stereocenters. The van der Waals surface area contributed by atoms with Gasteiger partial charge in [-0.1, -0.05) is 66.7 Å². The lowest BCUT2D eigenvalue weighted by molar-refractivity contribution is -0.0104. The molecule has 33 heavy (non-hydrogen) atoms. The zero-order valence-corrected chi connectivity index (χ0v) is 20.0. The number of aliphatic hydroxyl groups is 1. The molecule has 0 amide bonds. The number of ether oxygens (including phenoxy) is 1. The number of β-amino-alcohol motifs (C(OH)–C–C–N with tert-alkyl or cyclic N) is 1. The summed E-state index contributed by atoms with van der Waals surface area (Å²) in [5.74, 6) is 0. The Hall–Kier alpha value is -2.66. The molecule has 4 heteroatoms. The van der Waals surface area contributed by atoms with Crippen molar-refractivity contribution >= 4 is 5.69 Å². The predicted molar refractivity (Wildman–Crippen MR) is 136 cm³/mol. The lowest BCUT2D eigenvalue weighted by Gasteiger charge is -2.42. The van der Waals surface area contributed by atoms with Crippen LogP contribution in [0, 0.1) is 13.8 Å². The molecule has 1 N–H and O–H groups in total. The van der Waals surface area contributed by atoms with Crippen molar-refractivity contribution in [1.29, 1.82) is 0 Å². The molecule has 0 aliphatic carbocycles.